The van der Waals surface area contributed by atoms with E-state index in [-0.39, 0.29) is 21.8 Å². The number of rotatable bonds is 3. The van der Waals surface area contributed by atoms with Gasteiger partial charge < -0.3 is 5.32 Å². The van der Waals surface area contributed by atoms with Crippen molar-refractivity contribution in [3.8, 4) is 0 Å². The molecule has 0 bridgehead atoms. The molecule has 0 fully saturated rings. The molecule has 0 atom stereocenters. The van der Waals surface area contributed by atoms with Gasteiger partial charge >= 0.3 is 0 Å². The Bertz CT molecular complexity index is 769. The Kier molecular flexibility index (Phi) is 4.65. The highest BCUT2D eigenvalue weighted by atomic mass is 35.5. The van der Waals surface area contributed by atoms with Crippen molar-refractivity contribution < 1.29 is 9.72 Å². The molecular formula is C16H16ClN3O3. The Morgan fingerprint density at radius 2 is 2.00 bits per heavy atom. The van der Waals surface area contributed by atoms with E-state index in [4.69, 9.17) is 11.6 Å². The molecule has 0 unspecified atom stereocenters. The van der Waals surface area contributed by atoms with E-state index in [1.165, 1.54) is 18.3 Å². The molecule has 1 amide bonds. The summed E-state index contributed by atoms with van der Waals surface area (Å²) >= 11 is 5.87. The number of benzene rings is 1. The summed E-state index contributed by atoms with van der Waals surface area (Å²) in [6, 6.07) is 7.76. The fourth-order valence-corrected chi connectivity index (χ4v) is 2.35. The summed E-state index contributed by atoms with van der Waals surface area (Å²) in [5.41, 5.74) is 0.719. The van der Waals surface area contributed by atoms with Gasteiger partial charge in [-0.15, -0.1) is 0 Å². The average molecular weight is 334 g/mol. The maximum Gasteiger partial charge on any atom is 0.275 e. The third-order valence-corrected chi connectivity index (χ3v) is 3.57. The number of anilines is 1. The summed E-state index contributed by atoms with van der Waals surface area (Å²) in [6.07, 6.45) is 1.47. The smallest absolute Gasteiger partial charge is 0.275 e. The summed E-state index contributed by atoms with van der Waals surface area (Å²) < 4.78 is 0. The topological polar surface area (TPSA) is 85.1 Å². The SMILES string of the molecule is CC(C)(C)c1ccc(NC(=O)c2cccnc2Cl)cc1[N+](=O)[O-]. The minimum Gasteiger partial charge on any atom is -0.322 e. The number of hydrogen-bond donors (Lipinski definition) is 1. The van der Waals surface area contributed by atoms with Crippen LogP contribution in [0.4, 0.5) is 11.4 Å². The third kappa shape index (κ3) is 3.84. The van der Waals surface area contributed by atoms with Gasteiger partial charge in [0.1, 0.15) is 5.15 Å². The molecule has 6 nitrogen and oxygen atoms in total. The molecule has 0 aliphatic heterocycles. The molecule has 2 rings (SSSR count). The van der Waals surface area contributed by atoms with Gasteiger partial charge in [-0.3, -0.25) is 14.9 Å². The van der Waals surface area contributed by atoms with Gasteiger partial charge in [0.15, 0.2) is 0 Å². The first-order valence-electron chi connectivity index (χ1n) is 6.91. The van der Waals surface area contributed by atoms with Gasteiger partial charge in [0.25, 0.3) is 11.6 Å². The lowest BCUT2D eigenvalue weighted by molar-refractivity contribution is -0.385. The number of aromatic nitrogens is 1. The highest BCUT2D eigenvalue weighted by molar-refractivity contribution is 6.33. The maximum absolute atomic E-state index is 12.2. The summed E-state index contributed by atoms with van der Waals surface area (Å²) in [4.78, 5) is 26.9. The Morgan fingerprint density at radius 3 is 2.57 bits per heavy atom. The van der Waals surface area contributed by atoms with Crippen LogP contribution < -0.4 is 5.32 Å². The first-order valence-corrected chi connectivity index (χ1v) is 7.29. The summed E-state index contributed by atoms with van der Waals surface area (Å²) in [6.45, 7) is 5.68. The number of carbonyl (C=O) groups is 1. The first-order chi connectivity index (χ1) is 10.7. The lowest BCUT2D eigenvalue weighted by Gasteiger charge is -2.19. The van der Waals surface area contributed by atoms with Crippen LogP contribution in [0.1, 0.15) is 36.7 Å². The summed E-state index contributed by atoms with van der Waals surface area (Å²) in [5.74, 6) is -0.471. The maximum atomic E-state index is 12.2. The monoisotopic (exact) mass is 333 g/mol. The zero-order chi connectivity index (χ0) is 17.2. The van der Waals surface area contributed by atoms with E-state index in [1.807, 2.05) is 20.8 Å². The number of hydrogen-bond acceptors (Lipinski definition) is 4. The third-order valence-electron chi connectivity index (χ3n) is 3.26. The first kappa shape index (κ1) is 16.9. The molecule has 0 saturated carbocycles. The molecule has 2 aromatic rings. The van der Waals surface area contributed by atoms with Crippen LogP contribution in [-0.4, -0.2) is 15.8 Å². The van der Waals surface area contributed by atoms with Gasteiger partial charge in [0.05, 0.1) is 10.5 Å². The number of nitro benzene ring substituents is 1. The van der Waals surface area contributed by atoms with Crippen LogP contribution >= 0.6 is 11.6 Å². The van der Waals surface area contributed by atoms with Crippen molar-refractivity contribution in [3.63, 3.8) is 0 Å². The van der Waals surface area contributed by atoms with Crippen LogP contribution in [0.25, 0.3) is 0 Å². The number of halogens is 1. The number of carbonyl (C=O) groups excluding carboxylic acids is 1. The van der Waals surface area contributed by atoms with Crippen molar-refractivity contribution in [1.29, 1.82) is 0 Å². The number of pyridine rings is 1. The number of nitrogens with zero attached hydrogens (tertiary/aromatic N) is 2. The van der Waals surface area contributed by atoms with Gasteiger partial charge in [-0.05, 0) is 29.7 Å². The molecule has 0 aliphatic carbocycles. The van der Waals surface area contributed by atoms with Crippen molar-refractivity contribution in [1.82, 2.24) is 4.98 Å². The highest BCUT2D eigenvalue weighted by Crippen LogP contribution is 2.33. The van der Waals surface area contributed by atoms with E-state index in [2.05, 4.69) is 10.3 Å². The fourth-order valence-electron chi connectivity index (χ4n) is 2.15. The van der Waals surface area contributed by atoms with E-state index in [1.54, 1.807) is 18.2 Å². The molecule has 1 aromatic heterocycles. The van der Waals surface area contributed by atoms with Crippen molar-refractivity contribution in [3.05, 3.63) is 62.9 Å². The number of nitro groups is 1. The van der Waals surface area contributed by atoms with E-state index in [9.17, 15) is 14.9 Å². The van der Waals surface area contributed by atoms with E-state index in [0.29, 0.717) is 11.3 Å². The van der Waals surface area contributed by atoms with Gasteiger partial charge in [-0.1, -0.05) is 32.4 Å². The second kappa shape index (κ2) is 6.34. The molecule has 23 heavy (non-hydrogen) atoms. The van der Waals surface area contributed by atoms with Crippen LogP contribution in [0.5, 0.6) is 0 Å². The standard InChI is InChI=1S/C16H16ClN3O3/c1-16(2,3)12-7-6-10(9-13(12)20(22)23)19-15(21)11-5-4-8-18-14(11)17/h4-9H,1-3H3,(H,19,21). The zero-order valence-corrected chi connectivity index (χ0v) is 13.7. The molecule has 0 aliphatic rings. The minimum absolute atomic E-state index is 0.0346. The molecular weight excluding hydrogens is 318 g/mol. The minimum atomic E-state index is -0.471. The fraction of sp³-hybridized carbons (Fsp3) is 0.250. The number of amides is 1. The van der Waals surface area contributed by atoms with E-state index >= 15 is 0 Å². The van der Waals surface area contributed by atoms with Crippen LogP contribution in [-0.2, 0) is 5.41 Å². The van der Waals surface area contributed by atoms with Gasteiger partial charge in [-0.2, -0.15) is 0 Å². The van der Waals surface area contributed by atoms with Gasteiger partial charge in [0, 0.05) is 23.5 Å². The van der Waals surface area contributed by atoms with Crippen molar-refractivity contribution in [2.75, 3.05) is 5.32 Å². The lowest BCUT2D eigenvalue weighted by Crippen LogP contribution is -2.16. The van der Waals surface area contributed by atoms with Crippen LogP contribution in [0, 0.1) is 10.1 Å². The molecule has 7 heteroatoms. The molecule has 1 heterocycles. The summed E-state index contributed by atoms with van der Waals surface area (Å²) in [5, 5.41) is 14.0. The molecule has 120 valence electrons. The Balaban J connectivity index is 2.35. The second-order valence-corrected chi connectivity index (χ2v) is 6.39. The molecule has 0 radical (unpaired) electrons. The predicted molar refractivity (Wildman–Crippen MR) is 89.0 cm³/mol. The van der Waals surface area contributed by atoms with Crippen LogP contribution in [0.15, 0.2) is 36.5 Å². The molecule has 0 saturated heterocycles. The van der Waals surface area contributed by atoms with E-state index < -0.39 is 10.8 Å². The Morgan fingerprint density at radius 1 is 1.30 bits per heavy atom. The second-order valence-electron chi connectivity index (χ2n) is 6.03. The Labute approximate surface area is 138 Å². The van der Waals surface area contributed by atoms with Gasteiger partial charge in [0.2, 0.25) is 0 Å². The molecule has 1 aromatic carbocycles. The normalized spacial score (nSPS) is 11.1. The largest absolute Gasteiger partial charge is 0.322 e. The number of nitrogens with one attached hydrogen (secondary N) is 1. The summed E-state index contributed by atoms with van der Waals surface area (Å²) in [7, 11) is 0. The average Bonchev–Trinajstić information content (AvgIpc) is 2.46. The lowest BCUT2D eigenvalue weighted by atomic mass is 9.85. The zero-order valence-electron chi connectivity index (χ0n) is 13.0. The Hall–Kier alpha value is -2.47. The quantitative estimate of drug-likeness (QED) is 0.518. The molecule has 1 N–H and O–H groups in total. The molecule has 0 spiro atoms. The van der Waals surface area contributed by atoms with Crippen molar-refractivity contribution >= 4 is 28.9 Å². The highest BCUT2D eigenvalue weighted by Gasteiger charge is 2.25. The van der Waals surface area contributed by atoms with Crippen molar-refractivity contribution in [2.45, 2.75) is 26.2 Å². The predicted octanol–water partition coefficient (Wildman–Crippen LogP) is 4.19. The van der Waals surface area contributed by atoms with Gasteiger partial charge in [-0.25, -0.2) is 4.98 Å². The van der Waals surface area contributed by atoms with Crippen LogP contribution in [0.3, 0.4) is 0 Å². The van der Waals surface area contributed by atoms with E-state index in [0.717, 1.165) is 0 Å². The van der Waals surface area contributed by atoms with Crippen LogP contribution in [0.2, 0.25) is 5.15 Å². The van der Waals surface area contributed by atoms with Crippen molar-refractivity contribution in [2.24, 2.45) is 0 Å².